The topological polar surface area (TPSA) is 68.5 Å². The molecular weight excluding hydrogens is 276 g/mol. The second kappa shape index (κ2) is 6.85. The molecule has 1 aromatic heterocycles. The minimum atomic E-state index is -0.504. The standard InChI is InChI=1S/C13H16N4O2S/c1-3-19-13(18)15-11-16-17(12(14-2)20-11)9-10-7-5-4-6-8-10/h4-8H,3,9H2,1-2H3,(H,15,16,18). The van der Waals surface area contributed by atoms with E-state index in [0.717, 1.165) is 10.4 Å². The third-order valence-electron chi connectivity index (χ3n) is 2.47. The summed E-state index contributed by atoms with van der Waals surface area (Å²) >= 11 is 1.31. The van der Waals surface area contributed by atoms with E-state index in [2.05, 4.69) is 15.4 Å². The molecule has 1 amide bonds. The van der Waals surface area contributed by atoms with Crippen molar-refractivity contribution in [3.63, 3.8) is 0 Å². The minimum absolute atomic E-state index is 0.326. The second-order valence-electron chi connectivity index (χ2n) is 3.90. The summed E-state index contributed by atoms with van der Waals surface area (Å²) in [5, 5.41) is 7.39. The maximum atomic E-state index is 11.4. The van der Waals surface area contributed by atoms with Crippen molar-refractivity contribution >= 4 is 22.6 Å². The molecule has 0 atom stereocenters. The normalized spacial score (nSPS) is 11.4. The monoisotopic (exact) mass is 292 g/mol. The van der Waals surface area contributed by atoms with Crippen LogP contribution >= 0.6 is 11.3 Å². The van der Waals surface area contributed by atoms with Crippen LogP contribution in [0.15, 0.2) is 35.3 Å². The van der Waals surface area contributed by atoms with Gasteiger partial charge in [-0.25, -0.2) is 9.48 Å². The molecule has 0 saturated carbocycles. The fraction of sp³-hybridized carbons (Fsp3) is 0.308. The number of carbonyl (C=O) groups excluding carboxylic acids is 1. The SMILES string of the molecule is CCOC(=O)Nc1nn(Cc2ccccc2)c(=NC)s1. The number of carbonyl (C=O) groups is 1. The quantitative estimate of drug-likeness (QED) is 0.938. The maximum Gasteiger partial charge on any atom is 0.413 e. The highest BCUT2D eigenvalue weighted by Crippen LogP contribution is 2.08. The van der Waals surface area contributed by atoms with Gasteiger partial charge in [0.15, 0.2) is 0 Å². The number of nitrogens with one attached hydrogen (secondary N) is 1. The molecule has 0 fully saturated rings. The molecule has 2 rings (SSSR count). The Morgan fingerprint density at radius 3 is 2.85 bits per heavy atom. The average molecular weight is 292 g/mol. The van der Waals surface area contributed by atoms with Gasteiger partial charge < -0.3 is 4.74 Å². The van der Waals surface area contributed by atoms with E-state index in [1.54, 1.807) is 18.7 Å². The molecule has 0 aliphatic heterocycles. The van der Waals surface area contributed by atoms with Crippen LogP contribution in [0.2, 0.25) is 0 Å². The van der Waals surface area contributed by atoms with Crippen molar-refractivity contribution in [1.29, 1.82) is 0 Å². The van der Waals surface area contributed by atoms with Crippen LogP contribution in [0.5, 0.6) is 0 Å². The Morgan fingerprint density at radius 2 is 2.20 bits per heavy atom. The highest BCUT2D eigenvalue weighted by atomic mass is 32.1. The molecular formula is C13H16N4O2S. The molecule has 0 radical (unpaired) electrons. The molecule has 0 spiro atoms. The number of ether oxygens (including phenoxy) is 1. The van der Waals surface area contributed by atoms with Crippen molar-refractivity contribution in [3.05, 3.63) is 40.7 Å². The molecule has 0 saturated heterocycles. The molecule has 0 aliphatic carbocycles. The van der Waals surface area contributed by atoms with E-state index in [1.165, 1.54) is 11.3 Å². The number of nitrogens with zero attached hydrogens (tertiary/aromatic N) is 3. The first-order valence-corrected chi connectivity index (χ1v) is 7.03. The lowest BCUT2D eigenvalue weighted by Crippen LogP contribution is -2.17. The van der Waals surface area contributed by atoms with Crippen LogP contribution in [0.4, 0.5) is 9.93 Å². The Hall–Kier alpha value is -2.15. The lowest BCUT2D eigenvalue weighted by molar-refractivity contribution is 0.168. The summed E-state index contributed by atoms with van der Waals surface area (Å²) in [5.74, 6) is 0. The lowest BCUT2D eigenvalue weighted by Gasteiger charge is -2.02. The molecule has 7 heteroatoms. The van der Waals surface area contributed by atoms with Crippen LogP contribution in [0.25, 0.3) is 0 Å². The molecule has 0 aliphatic rings. The van der Waals surface area contributed by atoms with Crippen LogP contribution in [0.1, 0.15) is 12.5 Å². The molecule has 2 aromatic rings. The Balaban J connectivity index is 2.17. The van der Waals surface area contributed by atoms with Gasteiger partial charge in [0.2, 0.25) is 9.93 Å². The van der Waals surface area contributed by atoms with Crippen molar-refractivity contribution in [2.24, 2.45) is 4.99 Å². The molecule has 0 bridgehead atoms. The van der Waals surface area contributed by atoms with E-state index >= 15 is 0 Å². The van der Waals surface area contributed by atoms with Gasteiger partial charge in [-0.05, 0) is 12.5 Å². The van der Waals surface area contributed by atoms with Gasteiger partial charge in [-0.15, -0.1) is 5.10 Å². The maximum absolute atomic E-state index is 11.4. The largest absolute Gasteiger partial charge is 0.450 e. The van der Waals surface area contributed by atoms with Crippen molar-refractivity contribution in [3.8, 4) is 0 Å². The molecule has 1 aromatic carbocycles. The van der Waals surface area contributed by atoms with E-state index < -0.39 is 6.09 Å². The van der Waals surface area contributed by atoms with E-state index in [9.17, 15) is 4.79 Å². The first-order chi connectivity index (χ1) is 9.72. The number of hydrogen-bond donors (Lipinski definition) is 1. The van der Waals surface area contributed by atoms with Crippen LogP contribution in [-0.2, 0) is 11.3 Å². The molecule has 1 heterocycles. The van der Waals surface area contributed by atoms with E-state index in [4.69, 9.17) is 4.74 Å². The smallest absolute Gasteiger partial charge is 0.413 e. The summed E-state index contributed by atoms with van der Waals surface area (Å²) in [5.41, 5.74) is 1.12. The zero-order chi connectivity index (χ0) is 14.4. The van der Waals surface area contributed by atoms with Crippen molar-refractivity contribution in [2.75, 3.05) is 19.0 Å². The predicted molar refractivity (Wildman–Crippen MR) is 77.8 cm³/mol. The zero-order valence-electron chi connectivity index (χ0n) is 11.4. The number of hydrogen-bond acceptors (Lipinski definition) is 5. The van der Waals surface area contributed by atoms with E-state index in [-0.39, 0.29) is 0 Å². The van der Waals surface area contributed by atoms with Gasteiger partial charge in [0.05, 0.1) is 13.2 Å². The van der Waals surface area contributed by atoms with Gasteiger partial charge in [-0.3, -0.25) is 10.3 Å². The Morgan fingerprint density at radius 1 is 1.45 bits per heavy atom. The highest BCUT2D eigenvalue weighted by Gasteiger charge is 2.09. The van der Waals surface area contributed by atoms with Gasteiger partial charge in [0.1, 0.15) is 0 Å². The van der Waals surface area contributed by atoms with Crippen LogP contribution in [-0.4, -0.2) is 29.5 Å². The summed E-state index contributed by atoms with van der Waals surface area (Å²) < 4.78 is 6.58. The highest BCUT2D eigenvalue weighted by molar-refractivity contribution is 7.13. The number of rotatable bonds is 4. The summed E-state index contributed by atoms with van der Waals surface area (Å²) in [6.45, 7) is 2.69. The van der Waals surface area contributed by atoms with Gasteiger partial charge >= 0.3 is 6.09 Å². The molecule has 0 unspecified atom stereocenters. The van der Waals surface area contributed by atoms with Crippen LogP contribution in [0.3, 0.4) is 0 Å². The zero-order valence-corrected chi connectivity index (χ0v) is 12.2. The first kappa shape index (κ1) is 14.3. The number of anilines is 1. The number of benzene rings is 1. The minimum Gasteiger partial charge on any atom is -0.450 e. The van der Waals surface area contributed by atoms with E-state index in [1.807, 2.05) is 30.3 Å². The summed E-state index contributed by atoms with van der Waals surface area (Å²) in [4.78, 5) is 16.3. The van der Waals surface area contributed by atoms with Gasteiger partial charge in [0.25, 0.3) is 0 Å². The fourth-order valence-corrected chi connectivity index (χ4v) is 2.39. The van der Waals surface area contributed by atoms with Crippen LogP contribution < -0.4 is 10.1 Å². The molecule has 20 heavy (non-hydrogen) atoms. The number of amides is 1. The third kappa shape index (κ3) is 3.67. The van der Waals surface area contributed by atoms with Crippen molar-refractivity contribution in [2.45, 2.75) is 13.5 Å². The molecule has 1 N–H and O–H groups in total. The van der Waals surface area contributed by atoms with Crippen molar-refractivity contribution < 1.29 is 9.53 Å². The van der Waals surface area contributed by atoms with Gasteiger partial charge in [-0.2, -0.15) is 0 Å². The van der Waals surface area contributed by atoms with Gasteiger partial charge in [0, 0.05) is 7.05 Å². The summed E-state index contributed by atoms with van der Waals surface area (Å²) in [7, 11) is 1.70. The van der Waals surface area contributed by atoms with Crippen molar-refractivity contribution in [1.82, 2.24) is 9.78 Å². The van der Waals surface area contributed by atoms with Crippen LogP contribution in [0, 0.1) is 0 Å². The third-order valence-corrected chi connectivity index (χ3v) is 3.42. The Bertz CT molecular complexity index is 633. The summed E-state index contributed by atoms with van der Waals surface area (Å²) in [6.07, 6.45) is -0.504. The van der Waals surface area contributed by atoms with Gasteiger partial charge in [-0.1, -0.05) is 41.7 Å². The molecule has 106 valence electrons. The van der Waals surface area contributed by atoms with E-state index in [0.29, 0.717) is 18.3 Å². The Kier molecular flexibility index (Phi) is 4.89. The Labute approximate surface area is 120 Å². The molecule has 6 nitrogen and oxygen atoms in total. The first-order valence-electron chi connectivity index (χ1n) is 6.21. The predicted octanol–water partition coefficient (Wildman–Crippen LogP) is 2.09. The number of aromatic nitrogens is 2. The summed E-state index contributed by atoms with van der Waals surface area (Å²) in [6, 6.07) is 9.95. The second-order valence-corrected chi connectivity index (χ2v) is 4.86. The fourth-order valence-electron chi connectivity index (χ4n) is 1.64. The lowest BCUT2D eigenvalue weighted by atomic mass is 10.2. The average Bonchev–Trinajstić information content (AvgIpc) is 2.82.